The molecule has 1 aliphatic rings. The second-order valence-electron chi connectivity index (χ2n) is 6.44. The maximum absolute atomic E-state index is 13.2. The zero-order chi connectivity index (χ0) is 19.3. The van der Waals surface area contributed by atoms with Gasteiger partial charge in [0.25, 0.3) is 5.78 Å². The Balaban J connectivity index is 1.77. The smallest absolute Gasteiger partial charge is 0.369 e. The van der Waals surface area contributed by atoms with Gasteiger partial charge in [-0.2, -0.15) is 32.9 Å². The number of halogens is 3. The van der Waals surface area contributed by atoms with Crippen molar-refractivity contribution in [1.29, 1.82) is 0 Å². The highest BCUT2D eigenvalue weighted by Gasteiger charge is 2.40. The predicted octanol–water partition coefficient (Wildman–Crippen LogP) is 0.582. The zero-order valence-corrected chi connectivity index (χ0v) is 14.1. The summed E-state index contributed by atoms with van der Waals surface area (Å²) in [4.78, 5) is 20.9. The molecule has 1 amide bonds. The number of fused-ring (bicyclic) bond motifs is 1. The van der Waals surface area contributed by atoms with Crippen LogP contribution in [0.4, 0.5) is 19.0 Å². The summed E-state index contributed by atoms with van der Waals surface area (Å²) in [5, 5.41) is 8.06. The molecule has 0 radical (unpaired) electrons. The van der Waals surface area contributed by atoms with Gasteiger partial charge in [-0.05, 0) is 5.56 Å². The van der Waals surface area contributed by atoms with Crippen molar-refractivity contribution in [2.24, 2.45) is 18.7 Å². The number of nitrogens with zero attached hydrogens (tertiary/aromatic N) is 7. The number of primary amides is 1. The van der Waals surface area contributed by atoms with Gasteiger partial charge < -0.3 is 10.6 Å². The third-order valence-corrected chi connectivity index (χ3v) is 4.69. The number of rotatable bonds is 3. The summed E-state index contributed by atoms with van der Waals surface area (Å²) in [6, 6.07) is 0.908. The summed E-state index contributed by atoms with van der Waals surface area (Å²) >= 11 is 0. The van der Waals surface area contributed by atoms with Crippen molar-refractivity contribution in [3.8, 4) is 0 Å². The van der Waals surface area contributed by atoms with Crippen molar-refractivity contribution in [3.05, 3.63) is 36.0 Å². The average molecular weight is 380 g/mol. The van der Waals surface area contributed by atoms with Gasteiger partial charge >= 0.3 is 6.18 Å². The van der Waals surface area contributed by atoms with Crippen molar-refractivity contribution in [2.75, 3.05) is 18.0 Å². The molecule has 0 unspecified atom stereocenters. The van der Waals surface area contributed by atoms with Gasteiger partial charge in [-0.1, -0.05) is 0 Å². The molecular formula is C15H15F3N8O. The fourth-order valence-corrected chi connectivity index (χ4v) is 3.42. The van der Waals surface area contributed by atoms with Gasteiger partial charge in [-0.3, -0.25) is 9.48 Å². The lowest BCUT2D eigenvalue weighted by Crippen LogP contribution is -2.30. The van der Waals surface area contributed by atoms with Crippen LogP contribution in [0.2, 0.25) is 0 Å². The Morgan fingerprint density at radius 1 is 1.30 bits per heavy atom. The van der Waals surface area contributed by atoms with E-state index in [9.17, 15) is 18.0 Å². The highest BCUT2D eigenvalue weighted by Crippen LogP contribution is 2.37. The van der Waals surface area contributed by atoms with Crippen LogP contribution in [-0.4, -0.2) is 48.4 Å². The zero-order valence-electron chi connectivity index (χ0n) is 14.1. The summed E-state index contributed by atoms with van der Waals surface area (Å²) in [5.74, 6) is -1.40. The Kier molecular flexibility index (Phi) is 3.78. The number of aryl methyl sites for hydroxylation is 1. The minimum Gasteiger partial charge on any atom is -0.369 e. The molecule has 0 saturated carbocycles. The molecule has 2 N–H and O–H groups in total. The molecule has 4 rings (SSSR count). The molecule has 9 nitrogen and oxygen atoms in total. The Morgan fingerprint density at radius 2 is 2.07 bits per heavy atom. The summed E-state index contributed by atoms with van der Waals surface area (Å²) in [5.41, 5.74) is 5.27. The molecule has 3 aromatic rings. The van der Waals surface area contributed by atoms with Crippen molar-refractivity contribution in [3.63, 3.8) is 0 Å². The minimum atomic E-state index is -4.63. The average Bonchev–Trinajstić information content (AvgIpc) is 3.31. The Morgan fingerprint density at radius 3 is 2.70 bits per heavy atom. The molecule has 0 spiro atoms. The fourth-order valence-electron chi connectivity index (χ4n) is 3.42. The highest BCUT2D eigenvalue weighted by atomic mass is 19.4. The first-order valence-electron chi connectivity index (χ1n) is 8.05. The summed E-state index contributed by atoms with van der Waals surface area (Å²) < 4.78 is 42.5. The van der Waals surface area contributed by atoms with Gasteiger partial charge in [0.05, 0.1) is 12.1 Å². The van der Waals surface area contributed by atoms with E-state index in [0.29, 0.717) is 0 Å². The van der Waals surface area contributed by atoms with Crippen LogP contribution in [0.1, 0.15) is 17.2 Å². The van der Waals surface area contributed by atoms with Crippen molar-refractivity contribution in [1.82, 2.24) is 29.4 Å². The number of carbonyl (C=O) groups excluding carboxylic acids is 1. The number of amides is 1. The first-order valence-corrected chi connectivity index (χ1v) is 8.05. The summed E-state index contributed by atoms with van der Waals surface area (Å²) in [6.45, 7) is 0.445. The van der Waals surface area contributed by atoms with Crippen molar-refractivity contribution >= 4 is 17.5 Å². The molecular weight excluding hydrogens is 365 g/mol. The van der Waals surface area contributed by atoms with E-state index in [4.69, 9.17) is 5.73 Å². The molecule has 12 heteroatoms. The minimum absolute atomic E-state index is 0.155. The quantitative estimate of drug-likeness (QED) is 0.712. The maximum atomic E-state index is 13.2. The van der Waals surface area contributed by atoms with E-state index in [-0.39, 0.29) is 30.6 Å². The molecule has 0 aromatic carbocycles. The number of aromatic nitrogens is 6. The molecule has 27 heavy (non-hydrogen) atoms. The number of anilines is 1. The first-order chi connectivity index (χ1) is 12.7. The molecule has 1 aliphatic heterocycles. The maximum Gasteiger partial charge on any atom is 0.433 e. The van der Waals surface area contributed by atoms with Crippen LogP contribution in [0.25, 0.3) is 5.78 Å². The van der Waals surface area contributed by atoms with Crippen molar-refractivity contribution in [2.45, 2.75) is 12.1 Å². The number of hydrogen-bond donors (Lipinski definition) is 1. The van der Waals surface area contributed by atoms with Crippen LogP contribution in [0, 0.1) is 5.92 Å². The molecule has 4 heterocycles. The van der Waals surface area contributed by atoms with Crippen LogP contribution in [0.3, 0.4) is 0 Å². The van der Waals surface area contributed by atoms with E-state index >= 15 is 0 Å². The van der Waals surface area contributed by atoms with Crippen LogP contribution in [0.5, 0.6) is 0 Å². The van der Waals surface area contributed by atoms with E-state index in [1.165, 1.54) is 4.52 Å². The lowest BCUT2D eigenvalue weighted by molar-refractivity contribution is -0.141. The summed E-state index contributed by atoms with van der Waals surface area (Å²) in [7, 11) is 1.74. The second-order valence-corrected chi connectivity index (χ2v) is 6.44. The lowest BCUT2D eigenvalue weighted by Gasteiger charge is -2.20. The van der Waals surface area contributed by atoms with Crippen LogP contribution in [0.15, 0.2) is 24.8 Å². The van der Waals surface area contributed by atoms with Gasteiger partial charge in [0.1, 0.15) is 12.1 Å². The van der Waals surface area contributed by atoms with Gasteiger partial charge in [0, 0.05) is 38.3 Å². The van der Waals surface area contributed by atoms with E-state index < -0.39 is 23.7 Å². The highest BCUT2D eigenvalue weighted by molar-refractivity contribution is 5.79. The predicted molar refractivity (Wildman–Crippen MR) is 86.6 cm³/mol. The van der Waals surface area contributed by atoms with E-state index in [1.807, 2.05) is 0 Å². The molecule has 2 atom stereocenters. The van der Waals surface area contributed by atoms with E-state index in [0.717, 1.165) is 18.0 Å². The molecule has 0 aliphatic carbocycles. The van der Waals surface area contributed by atoms with Crippen LogP contribution >= 0.6 is 0 Å². The number of nitrogens with two attached hydrogens (primary N) is 1. The SMILES string of the molecule is Cn1cc([C@H]2CN(c3cc(C(F)(F)F)nc4ncnn34)C[C@@H]2C(N)=O)cn1. The monoisotopic (exact) mass is 380 g/mol. The molecule has 142 valence electrons. The molecule has 3 aromatic heterocycles. The summed E-state index contributed by atoms with van der Waals surface area (Å²) in [6.07, 6.45) is -0.105. The Bertz CT molecular complexity index is 1010. The number of carbonyl (C=O) groups is 1. The van der Waals surface area contributed by atoms with E-state index in [1.54, 1.807) is 29.0 Å². The molecule has 0 bridgehead atoms. The third-order valence-electron chi connectivity index (χ3n) is 4.69. The van der Waals surface area contributed by atoms with Crippen LogP contribution < -0.4 is 10.6 Å². The van der Waals surface area contributed by atoms with Gasteiger partial charge in [-0.25, -0.2) is 4.98 Å². The molecule has 1 fully saturated rings. The Hall–Kier alpha value is -3.18. The second kappa shape index (κ2) is 5.93. The fraction of sp³-hybridized carbons (Fsp3) is 0.400. The van der Waals surface area contributed by atoms with Gasteiger partial charge in [0.2, 0.25) is 5.91 Å². The van der Waals surface area contributed by atoms with Gasteiger partial charge in [-0.15, -0.1) is 0 Å². The topological polar surface area (TPSA) is 107 Å². The largest absolute Gasteiger partial charge is 0.433 e. The third kappa shape index (κ3) is 2.96. The number of alkyl halides is 3. The molecule has 1 saturated heterocycles. The van der Waals surface area contributed by atoms with Gasteiger partial charge in [0.15, 0.2) is 5.69 Å². The Labute approximate surface area is 150 Å². The standard InChI is InChI=1S/C15H15F3N8O/c1-24-4-8(3-21-24)9-5-25(6-10(9)13(19)27)12-2-11(15(16,17)18)23-14-20-7-22-26(12)14/h2-4,7,9-10H,5-6H2,1H3,(H2,19,27)/t9-,10+/m1/s1. The van der Waals surface area contributed by atoms with Crippen molar-refractivity contribution < 1.29 is 18.0 Å². The van der Waals surface area contributed by atoms with E-state index in [2.05, 4.69) is 20.2 Å². The van der Waals surface area contributed by atoms with Crippen LogP contribution in [-0.2, 0) is 18.0 Å². The number of hydrogen-bond acceptors (Lipinski definition) is 6. The first kappa shape index (κ1) is 17.2. The lowest BCUT2D eigenvalue weighted by atomic mass is 9.90. The normalized spacial score (nSPS) is 20.5.